The van der Waals surface area contributed by atoms with E-state index in [0.717, 1.165) is 5.69 Å². The summed E-state index contributed by atoms with van der Waals surface area (Å²) < 4.78 is 4.58. The van der Waals surface area contributed by atoms with E-state index in [1.807, 2.05) is 26.0 Å². The first-order valence-corrected chi connectivity index (χ1v) is 8.43. The maximum absolute atomic E-state index is 12.4. The van der Waals surface area contributed by atoms with Crippen LogP contribution < -0.4 is 10.6 Å². The number of nitrogens with zero attached hydrogens (tertiary/aromatic N) is 1. The van der Waals surface area contributed by atoms with Gasteiger partial charge in [0.05, 0.1) is 7.11 Å². The molecule has 1 amide bonds. The SMILES string of the molecule is CCN(CC)C(=O)c1cccc(NC(=S)NCCCC(=O)OC)c1. The number of benzene rings is 1. The van der Waals surface area contributed by atoms with Gasteiger partial charge in [0.2, 0.25) is 0 Å². The number of amides is 1. The van der Waals surface area contributed by atoms with Crippen molar-refractivity contribution in [1.29, 1.82) is 0 Å². The van der Waals surface area contributed by atoms with E-state index in [1.165, 1.54) is 7.11 Å². The molecule has 0 saturated heterocycles. The van der Waals surface area contributed by atoms with Crippen LogP contribution >= 0.6 is 12.2 Å². The molecule has 0 aliphatic carbocycles. The van der Waals surface area contributed by atoms with Gasteiger partial charge in [0, 0.05) is 37.3 Å². The Labute approximate surface area is 148 Å². The van der Waals surface area contributed by atoms with Gasteiger partial charge in [-0.25, -0.2) is 0 Å². The van der Waals surface area contributed by atoms with Crippen molar-refractivity contribution in [2.45, 2.75) is 26.7 Å². The van der Waals surface area contributed by atoms with E-state index in [2.05, 4.69) is 15.4 Å². The third kappa shape index (κ3) is 6.54. The summed E-state index contributed by atoms with van der Waals surface area (Å²) in [6.45, 7) is 5.83. The molecular weight excluding hydrogens is 326 g/mol. The lowest BCUT2D eigenvalue weighted by atomic mass is 10.1. The number of hydrogen-bond donors (Lipinski definition) is 2. The number of ether oxygens (including phenoxy) is 1. The maximum atomic E-state index is 12.4. The molecule has 0 aliphatic heterocycles. The number of methoxy groups -OCH3 is 1. The topological polar surface area (TPSA) is 70.7 Å². The lowest BCUT2D eigenvalue weighted by Gasteiger charge is -2.19. The molecule has 7 heteroatoms. The molecule has 0 unspecified atom stereocenters. The second-order valence-electron chi connectivity index (χ2n) is 5.12. The van der Waals surface area contributed by atoms with Crippen LogP contribution in [0.1, 0.15) is 37.0 Å². The Kier molecular flexibility index (Phi) is 8.78. The molecule has 1 aromatic carbocycles. The van der Waals surface area contributed by atoms with Crippen LogP contribution in [0, 0.1) is 0 Å². The summed E-state index contributed by atoms with van der Waals surface area (Å²) >= 11 is 5.22. The molecule has 1 rings (SSSR count). The van der Waals surface area contributed by atoms with Crippen molar-refractivity contribution in [2.24, 2.45) is 0 Å². The summed E-state index contributed by atoms with van der Waals surface area (Å²) in [5.41, 5.74) is 1.37. The first kappa shape index (κ1) is 19.9. The van der Waals surface area contributed by atoms with Crippen LogP contribution in [-0.2, 0) is 9.53 Å². The van der Waals surface area contributed by atoms with Gasteiger partial charge in [-0.05, 0) is 50.7 Å². The molecule has 0 aromatic heterocycles. The fraction of sp³-hybridized carbons (Fsp3) is 0.471. The monoisotopic (exact) mass is 351 g/mol. The number of thiocarbonyl (C=S) groups is 1. The largest absolute Gasteiger partial charge is 0.469 e. The lowest BCUT2D eigenvalue weighted by Crippen LogP contribution is -2.31. The second-order valence-corrected chi connectivity index (χ2v) is 5.53. The van der Waals surface area contributed by atoms with Crippen molar-refractivity contribution < 1.29 is 14.3 Å². The highest BCUT2D eigenvalue weighted by Crippen LogP contribution is 2.13. The Balaban J connectivity index is 2.53. The minimum Gasteiger partial charge on any atom is -0.469 e. The Bertz CT molecular complexity index is 574. The average molecular weight is 351 g/mol. The Hall–Kier alpha value is -2.15. The summed E-state index contributed by atoms with van der Waals surface area (Å²) in [7, 11) is 1.37. The zero-order chi connectivity index (χ0) is 17.9. The molecule has 6 nitrogen and oxygen atoms in total. The van der Waals surface area contributed by atoms with E-state index in [0.29, 0.717) is 43.2 Å². The Morgan fingerprint density at radius 2 is 1.96 bits per heavy atom. The van der Waals surface area contributed by atoms with Gasteiger partial charge in [0.15, 0.2) is 5.11 Å². The summed E-state index contributed by atoms with van der Waals surface area (Å²) in [4.78, 5) is 25.1. The summed E-state index contributed by atoms with van der Waals surface area (Å²) in [5, 5.41) is 6.52. The van der Waals surface area contributed by atoms with Crippen LogP contribution in [0.4, 0.5) is 5.69 Å². The van der Waals surface area contributed by atoms with E-state index in [-0.39, 0.29) is 11.9 Å². The van der Waals surface area contributed by atoms with Gasteiger partial charge in [-0.1, -0.05) is 6.07 Å². The van der Waals surface area contributed by atoms with Gasteiger partial charge in [0.1, 0.15) is 0 Å². The fourth-order valence-electron chi connectivity index (χ4n) is 2.14. The van der Waals surface area contributed by atoms with Crippen molar-refractivity contribution in [3.8, 4) is 0 Å². The molecular formula is C17H25N3O3S. The number of anilines is 1. The molecule has 0 fully saturated rings. The normalized spacial score (nSPS) is 9.96. The van der Waals surface area contributed by atoms with E-state index in [9.17, 15) is 9.59 Å². The van der Waals surface area contributed by atoms with E-state index >= 15 is 0 Å². The van der Waals surface area contributed by atoms with Crippen molar-refractivity contribution in [2.75, 3.05) is 32.1 Å². The van der Waals surface area contributed by atoms with Crippen molar-refractivity contribution in [3.63, 3.8) is 0 Å². The predicted molar refractivity (Wildman–Crippen MR) is 99.2 cm³/mol. The number of nitrogens with one attached hydrogen (secondary N) is 2. The molecule has 132 valence electrons. The van der Waals surface area contributed by atoms with Gasteiger partial charge in [0.25, 0.3) is 5.91 Å². The van der Waals surface area contributed by atoms with Gasteiger partial charge in [-0.15, -0.1) is 0 Å². The molecule has 0 atom stereocenters. The number of hydrogen-bond acceptors (Lipinski definition) is 4. The number of carbonyl (C=O) groups is 2. The highest BCUT2D eigenvalue weighted by Gasteiger charge is 2.12. The van der Waals surface area contributed by atoms with Gasteiger partial charge in [-0.3, -0.25) is 9.59 Å². The minimum absolute atomic E-state index is 0.000561. The number of esters is 1. The third-order valence-electron chi connectivity index (χ3n) is 3.49. The zero-order valence-corrected chi connectivity index (χ0v) is 15.2. The Morgan fingerprint density at radius 1 is 1.25 bits per heavy atom. The second kappa shape index (κ2) is 10.6. The molecule has 0 bridgehead atoms. The van der Waals surface area contributed by atoms with Gasteiger partial charge >= 0.3 is 5.97 Å². The highest BCUT2D eigenvalue weighted by molar-refractivity contribution is 7.80. The number of carbonyl (C=O) groups excluding carboxylic acids is 2. The van der Waals surface area contributed by atoms with Gasteiger partial charge in [-0.2, -0.15) is 0 Å². The lowest BCUT2D eigenvalue weighted by molar-refractivity contribution is -0.140. The first-order chi connectivity index (χ1) is 11.5. The van der Waals surface area contributed by atoms with Crippen molar-refractivity contribution >= 4 is 34.9 Å². The van der Waals surface area contributed by atoms with Crippen LogP contribution in [-0.4, -0.2) is 48.6 Å². The molecule has 1 aromatic rings. The smallest absolute Gasteiger partial charge is 0.305 e. The molecule has 0 radical (unpaired) electrons. The van der Waals surface area contributed by atoms with E-state index < -0.39 is 0 Å². The van der Waals surface area contributed by atoms with Crippen LogP contribution in [0.2, 0.25) is 0 Å². The molecule has 0 heterocycles. The van der Waals surface area contributed by atoms with Crippen LogP contribution in [0.3, 0.4) is 0 Å². The maximum Gasteiger partial charge on any atom is 0.305 e. The standard InChI is InChI=1S/C17H25N3O3S/c1-4-20(5-2)16(22)13-8-6-9-14(12-13)19-17(24)18-11-7-10-15(21)23-3/h6,8-9,12H,4-5,7,10-11H2,1-3H3,(H2,18,19,24). The van der Waals surface area contributed by atoms with Crippen LogP contribution in [0.15, 0.2) is 24.3 Å². The molecule has 2 N–H and O–H groups in total. The third-order valence-corrected chi connectivity index (χ3v) is 3.74. The molecule has 0 saturated carbocycles. The minimum atomic E-state index is -0.238. The predicted octanol–water partition coefficient (Wildman–Crippen LogP) is 2.41. The van der Waals surface area contributed by atoms with Crippen LogP contribution in [0.25, 0.3) is 0 Å². The number of rotatable bonds is 8. The first-order valence-electron chi connectivity index (χ1n) is 8.02. The summed E-state index contributed by atoms with van der Waals surface area (Å²) in [5.74, 6) is -0.237. The molecule has 0 spiro atoms. The Morgan fingerprint density at radius 3 is 2.58 bits per heavy atom. The van der Waals surface area contributed by atoms with Gasteiger partial charge < -0.3 is 20.3 Å². The van der Waals surface area contributed by atoms with E-state index in [1.54, 1.807) is 17.0 Å². The fourth-order valence-corrected chi connectivity index (χ4v) is 2.36. The summed E-state index contributed by atoms with van der Waals surface area (Å²) in [6.07, 6.45) is 0.981. The zero-order valence-electron chi connectivity index (χ0n) is 14.4. The average Bonchev–Trinajstić information content (AvgIpc) is 2.59. The van der Waals surface area contributed by atoms with Crippen LogP contribution in [0.5, 0.6) is 0 Å². The van der Waals surface area contributed by atoms with E-state index in [4.69, 9.17) is 12.2 Å². The summed E-state index contributed by atoms with van der Waals surface area (Å²) in [6, 6.07) is 7.24. The van der Waals surface area contributed by atoms with Crippen molar-refractivity contribution in [1.82, 2.24) is 10.2 Å². The highest BCUT2D eigenvalue weighted by atomic mass is 32.1. The molecule has 0 aliphatic rings. The molecule has 24 heavy (non-hydrogen) atoms. The van der Waals surface area contributed by atoms with Crippen molar-refractivity contribution in [3.05, 3.63) is 29.8 Å². The quantitative estimate of drug-likeness (QED) is 0.426.